The number of nitrogens with one attached hydrogen (secondary N) is 1. The van der Waals surface area contributed by atoms with Crippen LogP contribution in [0.15, 0.2) is 0 Å². The van der Waals surface area contributed by atoms with Gasteiger partial charge in [0.15, 0.2) is 0 Å². The summed E-state index contributed by atoms with van der Waals surface area (Å²) in [6, 6.07) is -0.465. The third-order valence-electron chi connectivity index (χ3n) is 4.90. The zero-order chi connectivity index (χ0) is 15.5. The second-order valence-corrected chi connectivity index (χ2v) is 6.75. The molecule has 120 valence electrons. The normalized spacial score (nSPS) is 33.5. The maximum atomic E-state index is 12.2. The first-order valence-electron chi connectivity index (χ1n) is 7.94. The van der Waals surface area contributed by atoms with E-state index in [0.717, 1.165) is 38.5 Å². The average molecular weight is 297 g/mol. The van der Waals surface area contributed by atoms with E-state index in [1.165, 1.54) is 4.90 Å². The predicted molar refractivity (Wildman–Crippen MR) is 79.5 cm³/mol. The quantitative estimate of drug-likeness (QED) is 0.720. The lowest BCUT2D eigenvalue weighted by atomic mass is 9.79. The first-order valence-corrected chi connectivity index (χ1v) is 7.94. The Labute approximate surface area is 126 Å². The third-order valence-corrected chi connectivity index (χ3v) is 4.90. The highest BCUT2D eigenvalue weighted by Gasteiger charge is 2.33. The number of amides is 3. The van der Waals surface area contributed by atoms with Crippen molar-refractivity contribution in [3.63, 3.8) is 0 Å². The van der Waals surface area contributed by atoms with Gasteiger partial charge in [-0.25, -0.2) is 4.79 Å². The molecular formula is C15H27N3O3. The summed E-state index contributed by atoms with van der Waals surface area (Å²) in [6.07, 6.45) is 5.06. The number of carbonyl (C=O) groups excluding carboxylic acids is 2. The second-order valence-electron chi connectivity index (χ2n) is 6.75. The molecule has 0 aromatic heterocycles. The van der Waals surface area contributed by atoms with Gasteiger partial charge in [0.25, 0.3) is 0 Å². The number of nitrogens with zero attached hydrogens (tertiary/aromatic N) is 1. The van der Waals surface area contributed by atoms with Crippen LogP contribution in [-0.4, -0.2) is 47.2 Å². The van der Waals surface area contributed by atoms with Crippen molar-refractivity contribution in [2.75, 3.05) is 19.6 Å². The maximum Gasteiger partial charge on any atom is 0.314 e. The van der Waals surface area contributed by atoms with Gasteiger partial charge < -0.3 is 21.1 Å². The number of carbonyl (C=O) groups is 2. The summed E-state index contributed by atoms with van der Waals surface area (Å²) >= 11 is 0. The summed E-state index contributed by atoms with van der Waals surface area (Å²) in [5.74, 6) is 0.369. The number of likely N-dealkylation sites (tertiary alicyclic amines) is 1. The van der Waals surface area contributed by atoms with Gasteiger partial charge >= 0.3 is 6.03 Å². The van der Waals surface area contributed by atoms with Gasteiger partial charge in [-0.15, -0.1) is 0 Å². The van der Waals surface area contributed by atoms with Crippen LogP contribution in [0.5, 0.6) is 0 Å². The lowest BCUT2D eigenvalue weighted by Gasteiger charge is -2.36. The van der Waals surface area contributed by atoms with Crippen molar-refractivity contribution in [1.82, 2.24) is 10.2 Å². The zero-order valence-electron chi connectivity index (χ0n) is 12.8. The molecular weight excluding hydrogens is 270 g/mol. The molecule has 6 heteroatoms. The van der Waals surface area contributed by atoms with Crippen LogP contribution in [0.1, 0.15) is 45.4 Å². The van der Waals surface area contributed by atoms with Crippen molar-refractivity contribution in [1.29, 1.82) is 0 Å². The fourth-order valence-corrected chi connectivity index (χ4v) is 3.26. The van der Waals surface area contributed by atoms with E-state index >= 15 is 0 Å². The maximum absolute atomic E-state index is 12.2. The number of nitrogens with two attached hydrogens (primary N) is 1. The van der Waals surface area contributed by atoms with Crippen LogP contribution in [-0.2, 0) is 4.79 Å². The number of hydrogen-bond donors (Lipinski definition) is 3. The molecule has 2 rings (SSSR count). The van der Waals surface area contributed by atoms with Gasteiger partial charge in [0.1, 0.15) is 0 Å². The Morgan fingerprint density at radius 1 is 1.33 bits per heavy atom. The van der Waals surface area contributed by atoms with Crippen LogP contribution in [0.2, 0.25) is 0 Å². The summed E-state index contributed by atoms with van der Waals surface area (Å²) in [5.41, 5.74) is 4.51. The van der Waals surface area contributed by atoms with E-state index in [9.17, 15) is 14.7 Å². The number of rotatable bonds is 3. The lowest BCUT2D eigenvalue weighted by Crippen LogP contribution is -2.50. The Kier molecular flexibility index (Phi) is 5.08. The Bertz CT molecular complexity index is 392. The van der Waals surface area contributed by atoms with Gasteiger partial charge in [0.05, 0.1) is 11.5 Å². The number of hydrogen-bond acceptors (Lipinski definition) is 3. The number of aliphatic hydroxyl groups is 1. The van der Waals surface area contributed by atoms with Gasteiger partial charge in [-0.1, -0.05) is 6.92 Å². The molecule has 0 spiro atoms. The molecule has 0 radical (unpaired) electrons. The fraction of sp³-hybridized carbons (Fsp3) is 0.867. The smallest absolute Gasteiger partial charge is 0.314 e. The highest BCUT2D eigenvalue weighted by atomic mass is 16.3. The topological polar surface area (TPSA) is 95.7 Å². The molecule has 21 heavy (non-hydrogen) atoms. The molecule has 1 atom stereocenters. The molecule has 0 aromatic rings. The SMILES string of the molecule is CC1CCC(O)(CNC(=O)C2CCCN(C(N)=O)C2)CC1. The molecule has 2 fully saturated rings. The monoisotopic (exact) mass is 297 g/mol. The summed E-state index contributed by atoms with van der Waals surface area (Å²) in [4.78, 5) is 24.9. The standard InChI is InChI=1S/C15H27N3O3/c1-11-4-6-15(21,7-5-11)10-17-13(19)12-3-2-8-18(9-12)14(16)20/h11-12,21H,2-10H2,1H3,(H2,16,20)(H,17,19). The van der Waals surface area contributed by atoms with Crippen LogP contribution in [0.4, 0.5) is 4.79 Å². The van der Waals surface area contributed by atoms with E-state index in [-0.39, 0.29) is 11.8 Å². The molecule has 1 heterocycles. The molecule has 1 unspecified atom stereocenters. The lowest BCUT2D eigenvalue weighted by molar-refractivity contribution is -0.128. The highest BCUT2D eigenvalue weighted by Crippen LogP contribution is 2.31. The minimum absolute atomic E-state index is 0.0759. The van der Waals surface area contributed by atoms with E-state index in [2.05, 4.69) is 12.2 Å². The van der Waals surface area contributed by atoms with Crippen molar-refractivity contribution in [2.24, 2.45) is 17.6 Å². The number of urea groups is 1. The van der Waals surface area contributed by atoms with Crippen LogP contribution in [0.25, 0.3) is 0 Å². The largest absolute Gasteiger partial charge is 0.388 e. The molecule has 1 saturated carbocycles. The van der Waals surface area contributed by atoms with Crippen LogP contribution in [0.3, 0.4) is 0 Å². The first kappa shape index (κ1) is 16.1. The van der Waals surface area contributed by atoms with Crippen molar-refractivity contribution in [3.05, 3.63) is 0 Å². The Morgan fingerprint density at radius 3 is 2.62 bits per heavy atom. The number of primary amides is 1. The molecule has 0 aromatic carbocycles. The van der Waals surface area contributed by atoms with Crippen molar-refractivity contribution in [2.45, 2.75) is 51.0 Å². The Balaban J connectivity index is 1.80. The van der Waals surface area contributed by atoms with Gasteiger partial charge in [-0.2, -0.15) is 0 Å². The molecule has 4 N–H and O–H groups in total. The van der Waals surface area contributed by atoms with Crippen LogP contribution < -0.4 is 11.1 Å². The minimum atomic E-state index is -0.764. The van der Waals surface area contributed by atoms with Gasteiger partial charge in [-0.3, -0.25) is 4.79 Å². The molecule has 3 amide bonds. The Morgan fingerprint density at radius 2 is 2.00 bits per heavy atom. The van der Waals surface area contributed by atoms with Crippen molar-refractivity contribution >= 4 is 11.9 Å². The molecule has 1 aliphatic heterocycles. The third kappa shape index (κ3) is 4.33. The van der Waals surface area contributed by atoms with Crippen LogP contribution in [0, 0.1) is 11.8 Å². The summed E-state index contributed by atoms with van der Waals surface area (Å²) in [6.45, 7) is 3.52. The summed E-state index contributed by atoms with van der Waals surface area (Å²) < 4.78 is 0. The zero-order valence-corrected chi connectivity index (χ0v) is 12.8. The van der Waals surface area contributed by atoms with Gasteiger partial charge in [0.2, 0.25) is 5.91 Å². The van der Waals surface area contributed by atoms with E-state index in [0.29, 0.717) is 25.6 Å². The number of piperidine rings is 1. The van der Waals surface area contributed by atoms with E-state index in [1.54, 1.807) is 0 Å². The van der Waals surface area contributed by atoms with E-state index in [1.807, 2.05) is 0 Å². The molecule has 0 bridgehead atoms. The highest BCUT2D eigenvalue weighted by molar-refractivity contribution is 5.80. The minimum Gasteiger partial charge on any atom is -0.388 e. The van der Waals surface area contributed by atoms with Crippen molar-refractivity contribution in [3.8, 4) is 0 Å². The van der Waals surface area contributed by atoms with Gasteiger partial charge in [-0.05, 0) is 44.4 Å². The second kappa shape index (κ2) is 6.64. The van der Waals surface area contributed by atoms with E-state index in [4.69, 9.17) is 5.73 Å². The summed E-state index contributed by atoms with van der Waals surface area (Å²) in [5, 5.41) is 13.3. The molecule has 2 aliphatic rings. The molecule has 6 nitrogen and oxygen atoms in total. The van der Waals surface area contributed by atoms with E-state index < -0.39 is 11.6 Å². The molecule has 1 aliphatic carbocycles. The average Bonchev–Trinajstić information content (AvgIpc) is 2.48. The summed E-state index contributed by atoms with van der Waals surface area (Å²) in [7, 11) is 0. The van der Waals surface area contributed by atoms with Crippen molar-refractivity contribution < 1.29 is 14.7 Å². The van der Waals surface area contributed by atoms with Crippen LogP contribution >= 0.6 is 0 Å². The predicted octanol–water partition coefficient (Wildman–Crippen LogP) is 0.834. The van der Waals surface area contributed by atoms with Gasteiger partial charge in [0, 0.05) is 19.6 Å². The molecule has 1 saturated heterocycles. The fourth-order valence-electron chi connectivity index (χ4n) is 3.26. The first-order chi connectivity index (χ1) is 9.89. The Hall–Kier alpha value is -1.30.